The predicted molar refractivity (Wildman–Crippen MR) is 370 cm³/mol. The second-order valence-electron chi connectivity index (χ2n) is 23.2. The van der Waals surface area contributed by atoms with E-state index in [-0.39, 0.29) is 9.99 Å². The van der Waals surface area contributed by atoms with E-state index in [1.165, 1.54) is 72.0 Å². The summed E-state index contributed by atoms with van der Waals surface area (Å²) < 4.78 is 7.24. The van der Waals surface area contributed by atoms with Crippen molar-refractivity contribution in [3.8, 4) is 62.1 Å². The second kappa shape index (κ2) is 19.1. The van der Waals surface area contributed by atoms with Crippen LogP contribution >= 0.6 is 0 Å². The van der Waals surface area contributed by atoms with Crippen LogP contribution in [-0.4, -0.2) is 23.7 Å². The molecular weight excluding hydrogens is 1050 g/mol. The van der Waals surface area contributed by atoms with Gasteiger partial charge in [0.15, 0.2) is 0 Å². The summed E-state index contributed by atoms with van der Waals surface area (Å²) >= 11 is 0. The quantitative estimate of drug-likeness (QED) is 0.137. The highest BCUT2D eigenvalue weighted by Crippen LogP contribution is 2.62. The summed E-state index contributed by atoms with van der Waals surface area (Å²) in [4.78, 5) is 10.6. The van der Waals surface area contributed by atoms with Gasteiger partial charge in [-0.3, -0.25) is 9.13 Å². The number of fused-ring (bicyclic) bond motifs is 3. The Labute approximate surface area is 514 Å². The molecule has 0 fully saturated rings. The van der Waals surface area contributed by atoms with Crippen molar-refractivity contribution in [2.45, 2.75) is 10.8 Å². The highest BCUT2D eigenvalue weighted by atomic mass is 15.1. The summed E-state index contributed by atoms with van der Waals surface area (Å²) in [5.41, 5.74) is 24.9. The maximum absolute atomic E-state index is 5.29. The molecule has 87 heavy (non-hydrogen) atoms. The van der Waals surface area contributed by atoms with Gasteiger partial charge in [0.2, 0.25) is 0 Å². The molecule has 0 spiro atoms. The number of benzene rings is 13. The lowest BCUT2D eigenvalue weighted by Crippen LogP contribution is -2.41. The molecule has 18 rings (SSSR count). The Kier molecular flexibility index (Phi) is 10.8. The molecule has 0 radical (unpaired) electrons. The Hall–Kier alpha value is -11.4. The van der Waals surface area contributed by atoms with E-state index in [1.807, 2.05) is 0 Å². The third kappa shape index (κ3) is 7.02. The molecule has 16 aromatic rings. The lowest BCUT2D eigenvalue weighted by molar-refractivity contribution is 0.684. The van der Waals surface area contributed by atoms with E-state index in [9.17, 15) is 0 Å². The first-order valence-corrected chi connectivity index (χ1v) is 30.0. The summed E-state index contributed by atoms with van der Waals surface area (Å²) in [7, 11) is 0. The van der Waals surface area contributed by atoms with Gasteiger partial charge in [-0.2, -0.15) is 0 Å². The molecule has 5 heteroatoms. The van der Waals surface area contributed by atoms with Gasteiger partial charge < -0.3 is 4.57 Å². The Balaban J connectivity index is 0.00000129. The van der Waals surface area contributed by atoms with E-state index >= 15 is 0 Å². The normalized spacial score (nSPS) is 13.5. The highest BCUT2D eigenvalue weighted by Gasteiger charge is 2.53. The lowest BCUT2D eigenvalue weighted by Gasteiger charge is -2.48. The minimum atomic E-state index is -0.751. The summed E-state index contributed by atoms with van der Waals surface area (Å²) in [5, 5.41) is 2.41. The predicted octanol–water partition coefficient (Wildman–Crippen LogP) is 21.2. The van der Waals surface area contributed by atoms with E-state index in [0.717, 1.165) is 78.5 Å². The molecule has 420 valence electrons. The van der Waals surface area contributed by atoms with Gasteiger partial charge in [0.05, 0.1) is 49.6 Å². The SMILES string of the molecule is [HH].[HH].[HH].[HH].[HH].[HH].[HH].c1ccc(-n2c(-c3ccc(-c4cc5c6c(c4)c4cc(-c7ccc(-c8nc9ccccc9n8-c8ccccc8)cc7)cc7c4n6-c4c(cccc4C7(c4ccccc4)c4ccccc4)C5(c4ccccc4)c4ccccc4)cc3)nc3ccccc32)cc1. The molecule has 13 aromatic carbocycles. The van der Waals surface area contributed by atoms with Crippen LogP contribution in [-0.2, 0) is 10.8 Å². The third-order valence-electron chi connectivity index (χ3n) is 18.8. The van der Waals surface area contributed by atoms with E-state index < -0.39 is 10.8 Å². The molecule has 0 N–H and O–H groups in total. The van der Waals surface area contributed by atoms with E-state index in [4.69, 9.17) is 9.97 Å². The Morgan fingerprint density at radius 1 is 0.253 bits per heavy atom. The fraction of sp³-hybridized carbons (Fsp3) is 0.0244. The van der Waals surface area contributed by atoms with Crippen molar-refractivity contribution in [1.29, 1.82) is 0 Å². The largest absolute Gasteiger partial charge is 0.308 e. The van der Waals surface area contributed by atoms with Crippen molar-refractivity contribution in [2.24, 2.45) is 0 Å². The van der Waals surface area contributed by atoms with Gasteiger partial charge in [0.25, 0.3) is 0 Å². The van der Waals surface area contributed by atoms with Crippen LogP contribution in [0.15, 0.2) is 322 Å². The standard InChI is InChI=1S/C82H53N5.7H2/c1-7-24-60(25-8-1)81(61-26-9-2-10-27-61)68-36-23-37-69-78(68)87-76-66(50-58(52-70(76)81)54-42-46-56(47-43-54)79-83-72-38-19-21-40-74(72)85(79)64-32-15-5-16-33-64)67-51-59(53-71(77(67)87)82(69,62-28-11-3-12-29-62)63-30-13-4-14-31-63)55-44-48-57(49-45-55)80-84-73-39-20-22-41-75(73)86(80)65-34-17-6-18-35-65;;;;;;;/h1-53H;7*1H. The highest BCUT2D eigenvalue weighted by molar-refractivity contribution is 6.17. The van der Waals surface area contributed by atoms with Gasteiger partial charge in [-0.1, -0.05) is 249 Å². The molecule has 0 unspecified atom stereocenters. The van der Waals surface area contributed by atoms with Crippen molar-refractivity contribution in [2.75, 3.05) is 0 Å². The van der Waals surface area contributed by atoms with Gasteiger partial charge in [0.1, 0.15) is 11.6 Å². The van der Waals surface area contributed by atoms with Crippen LogP contribution in [0.25, 0.3) is 106 Å². The van der Waals surface area contributed by atoms with Crippen molar-refractivity contribution in [1.82, 2.24) is 23.7 Å². The van der Waals surface area contributed by atoms with Crippen molar-refractivity contribution < 1.29 is 9.99 Å². The fourth-order valence-corrected chi connectivity index (χ4v) is 15.2. The molecule has 0 aliphatic carbocycles. The first-order chi connectivity index (χ1) is 43.2. The van der Waals surface area contributed by atoms with Crippen LogP contribution in [0, 0.1) is 0 Å². The van der Waals surface area contributed by atoms with Crippen molar-refractivity contribution >= 4 is 43.9 Å². The van der Waals surface area contributed by atoms with Crippen molar-refractivity contribution in [3.05, 3.63) is 366 Å². The minimum absolute atomic E-state index is 0. The molecular formula is C82H67N5. The average Bonchev–Trinajstić information content (AvgIpc) is 1.36. The number of hydrogen-bond acceptors (Lipinski definition) is 2. The zero-order chi connectivity index (χ0) is 57.2. The maximum atomic E-state index is 5.29. The van der Waals surface area contributed by atoms with E-state index in [1.54, 1.807) is 0 Å². The summed E-state index contributed by atoms with van der Waals surface area (Å²) in [6.07, 6.45) is 0. The van der Waals surface area contributed by atoms with E-state index in [2.05, 4.69) is 335 Å². The van der Waals surface area contributed by atoms with Gasteiger partial charge in [-0.05, 0) is 140 Å². The van der Waals surface area contributed by atoms with Crippen molar-refractivity contribution in [3.63, 3.8) is 0 Å². The molecule has 0 saturated heterocycles. The van der Waals surface area contributed by atoms with Gasteiger partial charge in [-0.25, -0.2) is 9.97 Å². The molecule has 5 nitrogen and oxygen atoms in total. The number of nitrogens with zero attached hydrogens (tertiary/aromatic N) is 5. The molecule has 2 aliphatic heterocycles. The Morgan fingerprint density at radius 2 is 0.575 bits per heavy atom. The number of rotatable bonds is 10. The molecule has 0 bridgehead atoms. The summed E-state index contributed by atoms with van der Waals surface area (Å²) in [6.45, 7) is 0. The lowest BCUT2D eigenvalue weighted by atomic mass is 9.58. The van der Waals surface area contributed by atoms with Gasteiger partial charge in [0, 0.05) is 43.3 Å². The fourth-order valence-electron chi connectivity index (χ4n) is 15.2. The minimum Gasteiger partial charge on any atom is -0.308 e. The van der Waals surface area contributed by atoms with Crippen LogP contribution < -0.4 is 0 Å². The summed E-state index contributed by atoms with van der Waals surface area (Å²) in [5.74, 6) is 1.81. The molecule has 0 atom stereocenters. The zero-order valence-corrected chi connectivity index (χ0v) is 47.3. The molecule has 0 saturated carbocycles. The van der Waals surface area contributed by atoms with Crippen LogP contribution in [0.5, 0.6) is 0 Å². The smallest absolute Gasteiger partial charge is 0.145 e. The molecule has 2 aliphatic rings. The van der Waals surface area contributed by atoms with Crippen LogP contribution in [0.3, 0.4) is 0 Å². The van der Waals surface area contributed by atoms with Gasteiger partial charge in [-0.15, -0.1) is 0 Å². The van der Waals surface area contributed by atoms with E-state index in [0.29, 0.717) is 0 Å². The Morgan fingerprint density at radius 3 is 0.943 bits per heavy atom. The number of para-hydroxylation sites is 7. The van der Waals surface area contributed by atoms with Crippen LogP contribution in [0.2, 0.25) is 0 Å². The van der Waals surface area contributed by atoms with Crippen LogP contribution in [0.1, 0.15) is 54.5 Å². The second-order valence-corrected chi connectivity index (χ2v) is 23.2. The molecule has 0 amide bonds. The number of aromatic nitrogens is 5. The molecule has 3 aromatic heterocycles. The van der Waals surface area contributed by atoms with Crippen LogP contribution in [0.4, 0.5) is 0 Å². The maximum Gasteiger partial charge on any atom is 0.145 e. The van der Waals surface area contributed by atoms with Gasteiger partial charge >= 0.3 is 0 Å². The first kappa shape index (κ1) is 49.1. The zero-order valence-electron chi connectivity index (χ0n) is 47.3. The first-order valence-electron chi connectivity index (χ1n) is 30.0. The Bertz CT molecular complexity index is 4960. The number of imidazole rings is 2. The average molecular weight is 1120 g/mol. The number of hydrogen-bond donors (Lipinski definition) is 0. The monoisotopic (exact) mass is 1120 g/mol. The summed E-state index contributed by atoms with van der Waals surface area (Å²) in [6, 6.07) is 119. The molecule has 5 heterocycles. The topological polar surface area (TPSA) is 40.6 Å². The third-order valence-corrected chi connectivity index (χ3v) is 18.8.